The van der Waals surface area contributed by atoms with Gasteiger partial charge in [-0.25, -0.2) is 4.39 Å². The molecule has 0 radical (unpaired) electrons. The van der Waals surface area contributed by atoms with Gasteiger partial charge >= 0.3 is 0 Å². The quantitative estimate of drug-likeness (QED) is 0.505. The van der Waals surface area contributed by atoms with E-state index in [4.69, 9.17) is 11.0 Å². The van der Waals surface area contributed by atoms with E-state index in [0.717, 1.165) is 18.9 Å². The van der Waals surface area contributed by atoms with E-state index < -0.39 is 22.3 Å². The van der Waals surface area contributed by atoms with E-state index in [1.165, 1.54) is 4.90 Å². The Hall–Kier alpha value is -2.69. The van der Waals surface area contributed by atoms with Crippen LogP contribution in [0.2, 0.25) is 0 Å². The van der Waals surface area contributed by atoms with Gasteiger partial charge in [0.05, 0.1) is 29.0 Å². The van der Waals surface area contributed by atoms with Crippen LogP contribution in [0.5, 0.6) is 0 Å². The summed E-state index contributed by atoms with van der Waals surface area (Å²) in [7, 11) is 0. The van der Waals surface area contributed by atoms with E-state index in [-0.39, 0.29) is 30.3 Å². The second kappa shape index (κ2) is 5.75. The summed E-state index contributed by atoms with van der Waals surface area (Å²) in [6.07, 6.45) is 1.74. The summed E-state index contributed by atoms with van der Waals surface area (Å²) in [5, 5.41) is 19.5. The smallest absolute Gasteiger partial charge is 0.295 e. The van der Waals surface area contributed by atoms with Gasteiger partial charge < -0.3 is 10.6 Å². The zero-order valence-corrected chi connectivity index (χ0v) is 11.1. The Morgan fingerprint density at radius 1 is 1.57 bits per heavy atom. The summed E-state index contributed by atoms with van der Waals surface area (Å²) < 4.78 is 13.5. The average molecular weight is 292 g/mol. The fourth-order valence-electron chi connectivity index (χ4n) is 2.09. The first-order chi connectivity index (χ1) is 9.95. The van der Waals surface area contributed by atoms with E-state index in [0.29, 0.717) is 6.07 Å². The highest BCUT2D eigenvalue weighted by molar-refractivity contribution is 6.01. The molecule has 1 saturated carbocycles. The number of hydrogen-bond acceptors (Lipinski definition) is 5. The van der Waals surface area contributed by atoms with E-state index >= 15 is 0 Å². The fraction of sp³-hybridized carbons (Fsp3) is 0.385. The lowest BCUT2D eigenvalue weighted by Gasteiger charge is -2.21. The van der Waals surface area contributed by atoms with Crippen molar-refractivity contribution >= 4 is 17.3 Å². The zero-order chi connectivity index (χ0) is 15.6. The molecule has 2 N–H and O–H groups in total. The summed E-state index contributed by atoms with van der Waals surface area (Å²) in [5.74, 6) is -1.47. The average Bonchev–Trinajstić information content (AvgIpc) is 3.25. The van der Waals surface area contributed by atoms with Crippen molar-refractivity contribution in [3.8, 4) is 6.07 Å². The summed E-state index contributed by atoms with van der Waals surface area (Å²) in [5.41, 5.74) is 4.41. The number of anilines is 1. The number of carbonyl (C=O) groups excluding carboxylic acids is 1. The van der Waals surface area contributed by atoms with Crippen molar-refractivity contribution in [3.05, 3.63) is 33.6 Å². The number of nitro groups is 1. The van der Waals surface area contributed by atoms with Crippen LogP contribution in [0.4, 0.5) is 15.8 Å². The molecule has 21 heavy (non-hydrogen) atoms. The topological polar surface area (TPSA) is 113 Å². The van der Waals surface area contributed by atoms with Crippen LogP contribution in [0.15, 0.2) is 12.1 Å². The van der Waals surface area contributed by atoms with Gasteiger partial charge in [0.25, 0.3) is 11.6 Å². The summed E-state index contributed by atoms with van der Waals surface area (Å²) >= 11 is 0. The Labute approximate surface area is 119 Å². The number of nitrogens with two attached hydrogens (primary N) is 1. The summed E-state index contributed by atoms with van der Waals surface area (Å²) in [4.78, 5) is 23.9. The summed E-state index contributed by atoms with van der Waals surface area (Å²) in [6, 6.07) is 3.51. The number of halogens is 1. The van der Waals surface area contributed by atoms with Gasteiger partial charge in [0, 0.05) is 12.6 Å². The van der Waals surface area contributed by atoms with Crippen molar-refractivity contribution in [1.82, 2.24) is 4.90 Å². The van der Waals surface area contributed by atoms with E-state index in [2.05, 4.69) is 0 Å². The molecule has 110 valence electrons. The van der Waals surface area contributed by atoms with Gasteiger partial charge in [0.15, 0.2) is 0 Å². The van der Waals surface area contributed by atoms with E-state index in [9.17, 15) is 19.3 Å². The largest absolute Gasteiger partial charge is 0.393 e. The number of carbonyl (C=O) groups is 1. The first-order valence-electron chi connectivity index (χ1n) is 6.37. The molecule has 7 nitrogen and oxygen atoms in total. The minimum Gasteiger partial charge on any atom is -0.393 e. The van der Waals surface area contributed by atoms with Crippen molar-refractivity contribution in [3.63, 3.8) is 0 Å². The number of nitro benzene ring substituents is 1. The molecule has 1 aromatic rings. The zero-order valence-electron chi connectivity index (χ0n) is 11.1. The third kappa shape index (κ3) is 3.08. The van der Waals surface area contributed by atoms with E-state index in [1.54, 1.807) is 0 Å². The first-order valence-corrected chi connectivity index (χ1v) is 6.37. The molecule has 0 aromatic heterocycles. The Morgan fingerprint density at radius 3 is 2.76 bits per heavy atom. The first kappa shape index (κ1) is 14.7. The maximum atomic E-state index is 13.5. The number of nitriles is 1. The van der Waals surface area contributed by atoms with Gasteiger partial charge in [0.2, 0.25) is 0 Å². The number of rotatable bonds is 5. The van der Waals surface area contributed by atoms with Crippen molar-refractivity contribution in [2.45, 2.75) is 25.3 Å². The van der Waals surface area contributed by atoms with Crippen LogP contribution in [-0.4, -0.2) is 28.3 Å². The number of nitrogen functional groups attached to an aromatic ring is 1. The minimum atomic E-state index is -0.893. The Morgan fingerprint density at radius 2 is 2.24 bits per heavy atom. The third-order valence-corrected chi connectivity index (χ3v) is 3.26. The van der Waals surface area contributed by atoms with Crippen LogP contribution in [0.3, 0.4) is 0 Å². The molecule has 0 spiro atoms. The second-order valence-corrected chi connectivity index (χ2v) is 4.78. The molecule has 1 aromatic carbocycles. The fourth-order valence-corrected chi connectivity index (χ4v) is 2.09. The van der Waals surface area contributed by atoms with Crippen molar-refractivity contribution < 1.29 is 14.1 Å². The van der Waals surface area contributed by atoms with Crippen LogP contribution >= 0.6 is 0 Å². The molecular weight excluding hydrogens is 279 g/mol. The van der Waals surface area contributed by atoms with E-state index in [1.807, 2.05) is 6.07 Å². The van der Waals surface area contributed by atoms with Gasteiger partial charge in [-0.2, -0.15) is 5.26 Å². The molecule has 0 saturated heterocycles. The number of hydrogen-bond donors (Lipinski definition) is 1. The molecular formula is C13H13FN4O3. The van der Waals surface area contributed by atoms with Crippen LogP contribution < -0.4 is 5.73 Å². The van der Waals surface area contributed by atoms with Crippen LogP contribution in [0.1, 0.15) is 29.6 Å². The molecule has 1 fully saturated rings. The Bertz CT molecular complexity index is 637. The van der Waals surface area contributed by atoms with Crippen molar-refractivity contribution in [1.29, 1.82) is 5.26 Å². The number of amides is 1. The molecule has 1 aliphatic carbocycles. The maximum Gasteiger partial charge on any atom is 0.295 e. The minimum absolute atomic E-state index is 0.00688. The van der Waals surface area contributed by atoms with Gasteiger partial charge in [-0.15, -0.1) is 0 Å². The van der Waals surface area contributed by atoms with Gasteiger partial charge in [-0.3, -0.25) is 14.9 Å². The van der Waals surface area contributed by atoms with Crippen molar-refractivity contribution in [2.75, 3.05) is 12.3 Å². The second-order valence-electron chi connectivity index (χ2n) is 4.78. The predicted molar refractivity (Wildman–Crippen MR) is 71.8 cm³/mol. The van der Waals surface area contributed by atoms with Crippen molar-refractivity contribution in [2.24, 2.45) is 0 Å². The van der Waals surface area contributed by atoms with Crippen LogP contribution in [-0.2, 0) is 0 Å². The number of nitrogens with zero attached hydrogens (tertiary/aromatic N) is 3. The van der Waals surface area contributed by atoms with Gasteiger partial charge in [-0.1, -0.05) is 0 Å². The third-order valence-electron chi connectivity index (χ3n) is 3.26. The predicted octanol–water partition coefficient (Wildman–Crippen LogP) is 1.83. The molecule has 0 atom stereocenters. The Kier molecular flexibility index (Phi) is 4.03. The molecule has 0 unspecified atom stereocenters. The monoisotopic (exact) mass is 292 g/mol. The SMILES string of the molecule is N#CCCN(C(=O)c1cc(F)cc([N+](=O)[O-])c1N)C1CC1. The van der Waals surface area contributed by atoms with Gasteiger partial charge in [0.1, 0.15) is 11.5 Å². The standard InChI is InChI=1S/C13H13FN4O3/c14-8-6-10(12(16)11(7-8)18(20)21)13(19)17(5-1-4-15)9-2-3-9/h6-7,9H,1-3,5,16H2. The lowest BCUT2D eigenvalue weighted by molar-refractivity contribution is -0.384. The highest BCUT2D eigenvalue weighted by Crippen LogP contribution is 2.32. The Balaban J connectivity index is 2.37. The number of benzene rings is 1. The lowest BCUT2D eigenvalue weighted by atomic mass is 10.1. The highest BCUT2D eigenvalue weighted by atomic mass is 19.1. The van der Waals surface area contributed by atoms with Gasteiger partial charge in [-0.05, 0) is 18.9 Å². The van der Waals surface area contributed by atoms with Crippen LogP contribution in [0, 0.1) is 27.3 Å². The molecule has 1 aliphatic rings. The molecule has 8 heteroatoms. The molecule has 0 aliphatic heterocycles. The van der Waals surface area contributed by atoms with Crippen LogP contribution in [0.25, 0.3) is 0 Å². The highest BCUT2D eigenvalue weighted by Gasteiger charge is 2.34. The maximum absolute atomic E-state index is 13.5. The molecule has 0 heterocycles. The molecule has 1 amide bonds. The summed E-state index contributed by atoms with van der Waals surface area (Å²) in [6.45, 7) is 0.198. The molecule has 2 rings (SSSR count). The molecule has 0 bridgehead atoms. The lowest BCUT2D eigenvalue weighted by Crippen LogP contribution is -2.34. The normalized spacial score (nSPS) is 13.5.